The first-order chi connectivity index (χ1) is 12.7. The van der Waals surface area contributed by atoms with Gasteiger partial charge in [0.1, 0.15) is 11.4 Å². The summed E-state index contributed by atoms with van der Waals surface area (Å²) in [4.78, 5) is 16.5. The third-order valence-corrected chi connectivity index (χ3v) is 4.83. The third-order valence-electron chi connectivity index (χ3n) is 4.83. The summed E-state index contributed by atoms with van der Waals surface area (Å²) in [5.41, 5.74) is 2.60. The number of ether oxygens (including phenoxy) is 1. The van der Waals surface area contributed by atoms with Gasteiger partial charge in [0.05, 0.1) is 19.0 Å². The van der Waals surface area contributed by atoms with Gasteiger partial charge in [0.25, 0.3) is 5.91 Å². The molecule has 0 spiro atoms. The highest BCUT2D eigenvalue weighted by Gasteiger charge is 2.13. The molecule has 0 saturated heterocycles. The Hall–Kier alpha value is -2.56. The molecule has 5 nitrogen and oxygen atoms in total. The van der Waals surface area contributed by atoms with Gasteiger partial charge in [-0.3, -0.25) is 4.79 Å². The molecule has 1 saturated carbocycles. The Bertz CT molecular complexity index is 692. The molecular weight excluding hydrogens is 326 g/mol. The minimum atomic E-state index is -0.136. The molecule has 1 aromatic carbocycles. The molecule has 1 heterocycles. The average molecular weight is 353 g/mol. The van der Waals surface area contributed by atoms with Gasteiger partial charge in [-0.25, -0.2) is 4.98 Å². The number of amides is 1. The van der Waals surface area contributed by atoms with Crippen molar-refractivity contribution in [3.63, 3.8) is 0 Å². The van der Waals surface area contributed by atoms with Crippen LogP contribution in [-0.2, 0) is 6.42 Å². The quantitative estimate of drug-likeness (QED) is 0.794. The number of hydrogen-bond donors (Lipinski definition) is 2. The van der Waals surface area contributed by atoms with E-state index in [-0.39, 0.29) is 5.91 Å². The molecular formula is C21H27N3O2. The molecule has 3 rings (SSSR count). The number of hydrogen-bond acceptors (Lipinski definition) is 4. The molecule has 2 aromatic rings. The van der Waals surface area contributed by atoms with Crippen molar-refractivity contribution < 1.29 is 9.53 Å². The van der Waals surface area contributed by atoms with Crippen molar-refractivity contribution in [3.8, 4) is 5.75 Å². The Morgan fingerprint density at radius 1 is 1.12 bits per heavy atom. The highest BCUT2D eigenvalue weighted by Crippen LogP contribution is 2.21. The summed E-state index contributed by atoms with van der Waals surface area (Å²) < 4.78 is 5.14. The highest BCUT2D eigenvalue weighted by atomic mass is 16.5. The van der Waals surface area contributed by atoms with Gasteiger partial charge in [0, 0.05) is 12.6 Å². The fourth-order valence-corrected chi connectivity index (χ4v) is 3.30. The lowest BCUT2D eigenvalue weighted by atomic mass is 9.95. The molecule has 0 unspecified atom stereocenters. The van der Waals surface area contributed by atoms with Crippen LogP contribution in [-0.4, -0.2) is 30.6 Å². The Balaban J connectivity index is 1.45. The van der Waals surface area contributed by atoms with E-state index in [4.69, 9.17) is 4.74 Å². The van der Waals surface area contributed by atoms with E-state index in [0.717, 1.165) is 23.4 Å². The Labute approximate surface area is 155 Å². The molecule has 0 aliphatic heterocycles. The number of nitrogens with zero attached hydrogens (tertiary/aromatic N) is 1. The lowest BCUT2D eigenvalue weighted by molar-refractivity contribution is 0.0949. The molecule has 1 aliphatic rings. The van der Waals surface area contributed by atoms with E-state index in [1.54, 1.807) is 19.4 Å². The Kier molecular flexibility index (Phi) is 6.47. The van der Waals surface area contributed by atoms with Crippen molar-refractivity contribution in [2.75, 3.05) is 19.0 Å². The van der Waals surface area contributed by atoms with Gasteiger partial charge in [0.15, 0.2) is 0 Å². The summed E-state index contributed by atoms with van der Waals surface area (Å²) in [7, 11) is 1.65. The SMILES string of the molecule is COc1ccc(CCNC(=O)c2ccc(NC3CCCCC3)cn2)cc1. The molecule has 1 aliphatic carbocycles. The lowest BCUT2D eigenvalue weighted by Gasteiger charge is -2.23. The topological polar surface area (TPSA) is 63.2 Å². The van der Waals surface area contributed by atoms with Crippen LogP contribution in [0.5, 0.6) is 5.75 Å². The normalized spacial score (nSPS) is 14.7. The van der Waals surface area contributed by atoms with E-state index >= 15 is 0 Å². The van der Waals surface area contributed by atoms with Gasteiger partial charge in [0.2, 0.25) is 0 Å². The van der Waals surface area contributed by atoms with Crippen molar-refractivity contribution >= 4 is 11.6 Å². The van der Waals surface area contributed by atoms with Gasteiger partial charge in [-0.05, 0) is 49.1 Å². The van der Waals surface area contributed by atoms with Crippen LogP contribution < -0.4 is 15.4 Å². The zero-order valence-corrected chi connectivity index (χ0v) is 15.3. The predicted octanol–water partition coefficient (Wildman–Crippen LogP) is 3.81. The molecule has 2 N–H and O–H groups in total. The number of anilines is 1. The fraction of sp³-hybridized carbons (Fsp3) is 0.429. The van der Waals surface area contributed by atoms with Crippen LogP contribution in [0.4, 0.5) is 5.69 Å². The Morgan fingerprint density at radius 3 is 2.54 bits per heavy atom. The first kappa shape index (κ1) is 18.2. The molecule has 26 heavy (non-hydrogen) atoms. The number of rotatable bonds is 7. The number of aromatic nitrogens is 1. The zero-order chi connectivity index (χ0) is 18.2. The van der Waals surface area contributed by atoms with Crippen LogP contribution in [0.15, 0.2) is 42.6 Å². The summed E-state index contributed by atoms with van der Waals surface area (Å²) in [6, 6.07) is 12.1. The van der Waals surface area contributed by atoms with Gasteiger partial charge in [-0.1, -0.05) is 31.4 Å². The van der Waals surface area contributed by atoms with Crippen LogP contribution in [0.2, 0.25) is 0 Å². The van der Waals surface area contributed by atoms with Crippen LogP contribution in [0.25, 0.3) is 0 Å². The van der Waals surface area contributed by atoms with Crippen molar-refractivity contribution in [3.05, 3.63) is 53.9 Å². The Morgan fingerprint density at radius 2 is 1.88 bits per heavy atom. The third kappa shape index (κ3) is 5.22. The number of methoxy groups -OCH3 is 1. The summed E-state index contributed by atoms with van der Waals surface area (Å²) in [5.74, 6) is 0.701. The molecule has 0 bridgehead atoms. The number of benzene rings is 1. The maximum absolute atomic E-state index is 12.2. The summed E-state index contributed by atoms with van der Waals surface area (Å²) in [6.45, 7) is 0.578. The van der Waals surface area contributed by atoms with E-state index in [2.05, 4.69) is 15.6 Å². The van der Waals surface area contributed by atoms with Crippen molar-refractivity contribution in [2.24, 2.45) is 0 Å². The van der Waals surface area contributed by atoms with E-state index in [9.17, 15) is 4.79 Å². The predicted molar refractivity (Wildman–Crippen MR) is 104 cm³/mol. The van der Waals surface area contributed by atoms with Crippen molar-refractivity contribution in [1.29, 1.82) is 0 Å². The van der Waals surface area contributed by atoms with Crippen molar-refractivity contribution in [2.45, 2.75) is 44.6 Å². The maximum atomic E-state index is 12.2. The average Bonchev–Trinajstić information content (AvgIpc) is 2.70. The minimum absolute atomic E-state index is 0.136. The van der Waals surface area contributed by atoms with Crippen LogP contribution in [0, 0.1) is 0 Å². The van der Waals surface area contributed by atoms with Gasteiger partial charge in [-0.2, -0.15) is 0 Å². The van der Waals surface area contributed by atoms with E-state index in [1.165, 1.54) is 32.1 Å². The fourth-order valence-electron chi connectivity index (χ4n) is 3.30. The van der Waals surface area contributed by atoms with Gasteiger partial charge in [-0.15, -0.1) is 0 Å². The number of nitrogens with one attached hydrogen (secondary N) is 2. The van der Waals surface area contributed by atoms with E-state index in [1.807, 2.05) is 30.3 Å². The van der Waals surface area contributed by atoms with E-state index in [0.29, 0.717) is 18.3 Å². The largest absolute Gasteiger partial charge is 0.497 e. The number of carbonyl (C=O) groups excluding carboxylic acids is 1. The first-order valence-corrected chi connectivity index (χ1v) is 9.38. The second-order valence-electron chi connectivity index (χ2n) is 6.77. The standard InChI is InChI=1S/C21H27N3O2/c1-26-19-10-7-16(8-11-19)13-14-22-21(25)20-12-9-18(15-23-20)24-17-5-3-2-4-6-17/h7-12,15,17,24H,2-6,13-14H2,1H3,(H,22,25). The summed E-state index contributed by atoms with van der Waals surface area (Å²) in [6.07, 6.45) is 8.89. The van der Waals surface area contributed by atoms with Gasteiger partial charge >= 0.3 is 0 Å². The highest BCUT2D eigenvalue weighted by molar-refractivity contribution is 5.92. The molecule has 138 valence electrons. The van der Waals surface area contributed by atoms with Crippen molar-refractivity contribution in [1.82, 2.24) is 10.3 Å². The molecule has 0 radical (unpaired) electrons. The molecule has 1 aromatic heterocycles. The molecule has 1 amide bonds. The van der Waals surface area contributed by atoms with Crippen LogP contribution in [0.3, 0.4) is 0 Å². The smallest absolute Gasteiger partial charge is 0.269 e. The van der Waals surface area contributed by atoms with Crippen LogP contribution >= 0.6 is 0 Å². The second kappa shape index (κ2) is 9.22. The van der Waals surface area contributed by atoms with Gasteiger partial charge < -0.3 is 15.4 Å². The lowest BCUT2D eigenvalue weighted by Crippen LogP contribution is -2.26. The summed E-state index contributed by atoms with van der Waals surface area (Å²) >= 11 is 0. The minimum Gasteiger partial charge on any atom is -0.497 e. The molecule has 5 heteroatoms. The van der Waals surface area contributed by atoms with Crippen LogP contribution in [0.1, 0.15) is 48.2 Å². The summed E-state index contributed by atoms with van der Waals surface area (Å²) in [5, 5.41) is 6.44. The monoisotopic (exact) mass is 353 g/mol. The van der Waals surface area contributed by atoms with E-state index < -0.39 is 0 Å². The first-order valence-electron chi connectivity index (χ1n) is 9.38. The zero-order valence-electron chi connectivity index (χ0n) is 15.3. The molecule has 0 atom stereocenters. The maximum Gasteiger partial charge on any atom is 0.269 e. The number of carbonyl (C=O) groups is 1. The second-order valence-corrected chi connectivity index (χ2v) is 6.77. The molecule has 1 fully saturated rings. The number of pyridine rings is 1.